The maximum atomic E-state index is 3.66. The molecule has 3 nitrogen and oxygen atoms in total. The van der Waals surface area contributed by atoms with Crippen LogP contribution in [0.2, 0.25) is 0 Å². The fraction of sp³-hybridized carbons (Fsp3) is 0.242. The van der Waals surface area contributed by atoms with Gasteiger partial charge in [-0.1, -0.05) is 310 Å². The number of aromatic nitrogens is 3. The zero-order valence-corrected chi connectivity index (χ0v) is 76.3. The summed E-state index contributed by atoms with van der Waals surface area (Å²) in [6.45, 7) is 42.4. The fourth-order valence-electron chi connectivity index (χ4n) is 11.5. The topological polar surface area (TPSA) is 11.6 Å². The van der Waals surface area contributed by atoms with Crippen LogP contribution < -0.4 is 13.7 Å². The van der Waals surface area contributed by atoms with Crippen LogP contribution in [0.25, 0.3) is 132 Å². The van der Waals surface area contributed by atoms with Gasteiger partial charge in [0.05, 0.1) is 0 Å². The third-order valence-electron chi connectivity index (χ3n) is 16.2. The van der Waals surface area contributed by atoms with E-state index in [4.69, 9.17) is 0 Å². The van der Waals surface area contributed by atoms with Gasteiger partial charge in [-0.05, 0) is 34.4 Å². The minimum absolute atomic E-state index is 0. The van der Waals surface area contributed by atoms with E-state index >= 15 is 0 Å². The third-order valence-corrected chi connectivity index (χ3v) is 16.2. The van der Waals surface area contributed by atoms with Crippen LogP contribution >= 0.6 is 0 Å². The summed E-state index contributed by atoms with van der Waals surface area (Å²) >= 11 is 0. The van der Waals surface area contributed by atoms with E-state index in [-0.39, 0.29) is 98.1 Å². The van der Waals surface area contributed by atoms with Crippen molar-refractivity contribution in [3.05, 3.63) is 308 Å². The van der Waals surface area contributed by atoms with Gasteiger partial charge in [-0.15, -0.1) is 81.4 Å². The van der Waals surface area contributed by atoms with Crippen molar-refractivity contribution in [3.8, 4) is 67.2 Å². The summed E-state index contributed by atoms with van der Waals surface area (Å²) in [5.74, 6) is 0. The summed E-state index contributed by atoms with van der Waals surface area (Å²) in [4.78, 5) is 0. The second-order valence-electron chi connectivity index (χ2n) is 21.8. The predicted molar refractivity (Wildman–Crippen MR) is 450 cm³/mol. The SMILES string of the molecule is CC.CC.CC.CC.CC.CC.CC.CC.CC.Cc1ccc(-c2[c-]c3c(cc2)ccc2ccccc23)[c-]c1-c1cccc[n+]1C.Cc1ccc(-c2[c-]c3cc4ccccc4cc3cc2)[c-]c1-c1cccc[n+]1C.Cc1ccc(-c2[c-]c3ccc4ccccc4c3cc2)[c-]c1-c1cccc[n+]1C.[Y].[Y].[Y]. The Balaban J connectivity index is 0.000000700. The molecule has 0 aliphatic heterocycles. The van der Waals surface area contributed by atoms with Crippen LogP contribution in [0.1, 0.15) is 141 Å². The molecule has 0 saturated heterocycles. The zero-order valence-electron chi connectivity index (χ0n) is 67.8. The Morgan fingerprint density at radius 3 is 0.943 bits per heavy atom. The molecule has 0 unspecified atom stereocenters. The molecule has 3 aromatic heterocycles. The molecule has 0 saturated carbocycles. The molecule has 15 aromatic rings. The first-order valence-corrected chi connectivity index (χ1v) is 37.6. The first-order chi connectivity index (χ1) is 50.1. The molecule has 0 aliphatic carbocycles. The molecule has 0 aliphatic rings. The van der Waals surface area contributed by atoms with Crippen molar-refractivity contribution in [2.75, 3.05) is 0 Å². The van der Waals surface area contributed by atoms with E-state index in [1.165, 1.54) is 65.2 Å². The van der Waals surface area contributed by atoms with Gasteiger partial charge in [-0.25, -0.2) is 13.7 Å². The summed E-state index contributed by atoms with van der Waals surface area (Å²) in [5, 5.41) is 14.6. The largest absolute Gasteiger partial charge is 0.234 e. The molecule has 0 amide bonds. The third kappa shape index (κ3) is 25.0. The summed E-state index contributed by atoms with van der Waals surface area (Å²) in [6, 6.07) is 105. The fourth-order valence-corrected chi connectivity index (χ4v) is 11.5. The Labute approximate surface area is 710 Å². The number of fused-ring (bicyclic) bond motifs is 8. The van der Waals surface area contributed by atoms with Gasteiger partial charge in [0, 0.05) is 116 Å². The van der Waals surface area contributed by atoms with Crippen LogP contribution in [-0.2, 0) is 119 Å². The van der Waals surface area contributed by atoms with E-state index in [0.717, 1.165) is 83.3 Å². The standard InChI is InChI=1S/3C27H20N.9C2H6.3Y/c1-19-10-11-22(18-26(19)27-9-5-6-16-28(27)2)21-14-15-25-23(17-21)13-12-20-7-3-4-8-24(20)25;1-19-10-11-22(17-25(19)27-9-5-6-16-28(27)2)23-15-14-21-13-12-20-7-3-4-8-24(20)26(21)18-23;1-19-10-11-24(18-26(19)27-9-5-6-14-28(27)2)22-12-13-23-15-20-7-3-4-8-21(20)16-25(23)17-22;9*1-2;;;/h3*3-16H,1-2H3;9*1-2H3;;;/q3*-1;;;;;;;;;;;;. The summed E-state index contributed by atoms with van der Waals surface area (Å²) < 4.78 is 6.41. The molecule has 0 bridgehead atoms. The van der Waals surface area contributed by atoms with Gasteiger partial charge in [0.1, 0.15) is 38.2 Å². The summed E-state index contributed by atoms with van der Waals surface area (Å²) in [7, 11) is 6.22. The number of nitrogens with zero attached hydrogens (tertiary/aromatic N) is 3. The predicted octanol–water partition coefficient (Wildman–Crippen LogP) is 27.4. The normalized spacial score (nSPS) is 9.49. The average molecular weight is 1610 g/mol. The Kier molecular flexibility index (Phi) is 47.6. The monoisotopic (exact) mass is 1610 g/mol. The van der Waals surface area contributed by atoms with Gasteiger partial charge in [0.2, 0.25) is 0 Å². The van der Waals surface area contributed by atoms with Gasteiger partial charge in [-0.2, -0.15) is 106 Å². The Morgan fingerprint density at radius 2 is 0.514 bits per heavy atom. The van der Waals surface area contributed by atoms with E-state index in [2.05, 4.69) is 329 Å². The second-order valence-corrected chi connectivity index (χ2v) is 21.8. The zero-order chi connectivity index (χ0) is 75.3. The van der Waals surface area contributed by atoms with Crippen LogP contribution in [0.15, 0.2) is 255 Å². The summed E-state index contributed by atoms with van der Waals surface area (Å²) in [5.41, 5.74) is 17.0. The number of pyridine rings is 3. The maximum Gasteiger partial charge on any atom is 0.161 e. The van der Waals surface area contributed by atoms with Crippen molar-refractivity contribution in [2.24, 2.45) is 21.1 Å². The van der Waals surface area contributed by atoms with E-state index in [9.17, 15) is 0 Å². The van der Waals surface area contributed by atoms with E-state index < -0.39 is 0 Å². The first-order valence-electron chi connectivity index (χ1n) is 37.6. The van der Waals surface area contributed by atoms with E-state index in [1.807, 2.05) is 143 Å². The molecule has 537 valence electrons. The van der Waals surface area contributed by atoms with Crippen LogP contribution in [-0.4, -0.2) is 0 Å². The molecule has 6 heteroatoms. The van der Waals surface area contributed by atoms with Crippen LogP contribution in [0.3, 0.4) is 0 Å². The van der Waals surface area contributed by atoms with Gasteiger partial charge >= 0.3 is 0 Å². The first kappa shape index (κ1) is 96.0. The number of hydrogen-bond donors (Lipinski definition) is 0. The molecular formula is C99H114N3Y3-3. The minimum Gasteiger partial charge on any atom is -0.234 e. The van der Waals surface area contributed by atoms with Crippen LogP contribution in [0, 0.1) is 57.2 Å². The minimum atomic E-state index is 0. The van der Waals surface area contributed by atoms with E-state index in [0.29, 0.717) is 0 Å². The van der Waals surface area contributed by atoms with Gasteiger partial charge in [-0.3, -0.25) is 0 Å². The molecule has 3 radical (unpaired) electrons. The molecule has 0 spiro atoms. The van der Waals surface area contributed by atoms with Crippen LogP contribution in [0.5, 0.6) is 0 Å². The van der Waals surface area contributed by atoms with Crippen molar-refractivity contribution < 1.29 is 112 Å². The average Bonchev–Trinajstić information content (AvgIpc) is 0.783. The number of rotatable bonds is 6. The Morgan fingerprint density at radius 1 is 0.219 bits per heavy atom. The molecule has 3 heterocycles. The van der Waals surface area contributed by atoms with Crippen molar-refractivity contribution in [1.29, 1.82) is 0 Å². The molecular weight excluding hydrogens is 1500 g/mol. The second kappa shape index (κ2) is 52.1. The van der Waals surface area contributed by atoms with Gasteiger partial charge < -0.3 is 0 Å². The number of hydrogen-bond acceptors (Lipinski definition) is 0. The Hall–Kier alpha value is -7.04. The molecule has 0 atom stereocenters. The van der Waals surface area contributed by atoms with Crippen molar-refractivity contribution >= 4 is 64.6 Å². The molecule has 12 aromatic carbocycles. The maximum absolute atomic E-state index is 3.66. The Bertz CT molecular complexity index is 4890. The van der Waals surface area contributed by atoms with Crippen LogP contribution in [0.4, 0.5) is 0 Å². The van der Waals surface area contributed by atoms with E-state index in [1.54, 1.807) is 0 Å². The molecule has 105 heavy (non-hydrogen) atoms. The summed E-state index contributed by atoms with van der Waals surface area (Å²) in [6.07, 6.45) is 6.22. The number of aryl methyl sites for hydroxylation is 6. The molecule has 0 fully saturated rings. The van der Waals surface area contributed by atoms with Crippen molar-refractivity contribution in [2.45, 2.75) is 145 Å². The smallest absolute Gasteiger partial charge is 0.161 e. The quantitative estimate of drug-likeness (QED) is 0.0681. The molecule has 15 rings (SSSR count). The van der Waals surface area contributed by atoms with Gasteiger partial charge in [0.25, 0.3) is 0 Å². The van der Waals surface area contributed by atoms with Crippen molar-refractivity contribution in [1.82, 2.24) is 0 Å². The molecule has 0 N–H and O–H groups in total. The van der Waals surface area contributed by atoms with Gasteiger partial charge in [0.15, 0.2) is 18.6 Å². The number of benzene rings is 12. The van der Waals surface area contributed by atoms with Crippen molar-refractivity contribution in [3.63, 3.8) is 0 Å².